The summed E-state index contributed by atoms with van der Waals surface area (Å²) in [5.74, 6) is 0. The zero-order valence-electron chi connectivity index (χ0n) is 11.8. The molecule has 3 rings (SSSR count). The molecule has 21 heavy (non-hydrogen) atoms. The third-order valence-corrected chi connectivity index (χ3v) is 5.38. The van der Waals surface area contributed by atoms with Crippen LogP contribution in [0.5, 0.6) is 0 Å². The Balaban J connectivity index is 1.91. The standard InChI is InChI=1S/C14H18N4O2S/c1-17-10-14(8-16-17)21(19,20)18(13-5-6-13)9-11-3-2-4-12(15)7-11/h2-4,7-8,10,13H,5-6,9,15H2,1H3. The van der Waals surface area contributed by atoms with E-state index in [1.165, 1.54) is 17.1 Å². The smallest absolute Gasteiger partial charge is 0.246 e. The molecule has 112 valence electrons. The van der Waals surface area contributed by atoms with Crippen molar-refractivity contribution in [3.8, 4) is 0 Å². The van der Waals surface area contributed by atoms with Gasteiger partial charge in [-0.25, -0.2) is 8.42 Å². The van der Waals surface area contributed by atoms with Crippen molar-refractivity contribution in [2.24, 2.45) is 7.05 Å². The molecule has 1 aromatic heterocycles. The molecule has 1 heterocycles. The monoisotopic (exact) mass is 306 g/mol. The number of aryl methyl sites for hydroxylation is 1. The number of sulfonamides is 1. The number of nitrogens with two attached hydrogens (primary N) is 1. The largest absolute Gasteiger partial charge is 0.399 e. The first-order valence-corrected chi connectivity index (χ1v) is 8.26. The van der Waals surface area contributed by atoms with Gasteiger partial charge in [0, 0.05) is 31.5 Å². The molecule has 2 aromatic rings. The zero-order valence-corrected chi connectivity index (χ0v) is 12.6. The average molecular weight is 306 g/mol. The summed E-state index contributed by atoms with van der Waals surface area (Å²) in [6, 6.07) is 7.42. The molecule has 2 N–H and O–H groups in total. The highest BCUT2D eigenvalue weighted by Gasteiger charge is 2.38. The van der Waals surface area contributed by atoms with Gasteiger partial charge in [-0.15, -0.1) is 0 Å². The van der Waals surface area contributed by atoms with Crippen LogP contribution in [0.1, 0.15) is 18.4 Å². The topological polar surface area (TPSA) is 81.2 Å². The Kier molecular flexibility index (Phi) is 3.46. The van der Waals surface area contributed by atoms with E-state index in [4.69, 9.17) is 5.73 Å². The van der Waals surface area contributed by atoms with E-state index in [9.17, 15) is 8.42 Å². The van der Waals surface area contributed by atoms with Crippen LogP contribution in [0.25, 0.3) is 0 Å². The van der Waals surface area contributed by atoms with Gasteiger partial charge in [-0.1, -0.05) is 12.1 Å². The van der Waals surface area contributed by atoms with Crippen LogP contribution < -0.4 is 5.73 Å². The number of rotatable bonds is 5. The normalized spacial score (nSPS) is 15.5. The van der Waals surface area contributed by atoms with Crippen molar-refractivity contribution >= 4 is 15.7 Å². The van der Waals surface area contributed by atoms with Crippen LogP contribution in [-0.2, 0) is 23.6 Å². The lowest BCUT2D eigenvalue weighted by atomic mass is 10.2. The molecule has 0 bridgehead atoms. The summed E-state index contributed by atoms with van der Waals surface area (Å²) in [4.78, 5) is 0.237. The molecular formula is C14H18N4O2S. The Morgan fingerprint density at radius 3 is 2.76 bits per heavy atom. The SMILES string of the molecule is Cn1cc(S(=O)(=O)N(Cc2cccc(N)c2)C2CC2)cn1. The third-order valence-electron chi connectivity index (χ3n) is 3.53. The summed E-state index contributed by atoms with van der Waals surface area (Å²) in [5.41, 5.74) is 7.31. The van der Waals surface area contributed by atoms with E-state index in [1.807, 2.05) is 18.2 Å². The van der Waals surface area contributed by atoms with Crippen LogP contribution in [0, 0.1) is 0 Å². The van der Waals surface area contributed by atoms with Crippen molar-refractivity contribution in [3.63, 3.8) is 0 Å². The third kappa shape index (κ3) is 2.93. The highest BCUT2D eigenvalue weighted by atomic mass is 32.2. The van der Waals surface area contributed by atoms with Crippen molar-refractivity contribution < 1.29 is 8.42 Å². The molecular weight excluding hydrogens is 288 g/mol. The van der Waals surface area contributed by atoms with Gasteiger partial charge in [-0.3, -0.25) is 4.68 Å². The lowest BCUT2D eigenvalue weighted by molar-refractivity contribution is 0.398. The Labute approximate surface area is 124 Å². The van der Waals surface area contributed by atoms with E-state index in [0.717, 1.165) is 18.4 Å². The summed E-state index contributed by atoms with van der Waals surface area (Å²) in [7, 11) is -1.81. The van der Waals surface area contributed by atoms with Gasteiger partial charge in [0.2, 0.25) is 10.0 Å². The molecule has 0 saturated heterocycles. The average Bonchev–Trinajstić information content (AvgIpc) is 3.16. The van der Waals surface area contributed by atoms with Crippen LogP contribution in [0.4, 0.5) is 5.69 Å². The highest BCUT2D eigenvalue weighted by Crippen LogP contribution is 2.33. The van der Waals surface area contributed by atoms with E-state index in [-0.39, 0.29) is 10.9 Å². The highest BCUT2D eigenvalue weighted by molar-refractivity contribution is 7.89. The van der Waals surface area contributed by atoms with Crippen molar-refractivity contribution in [1.29, 1.82) is 0 Å². The predicted octanol–water partition coefficient (Wildman–Crippen LogP) is 1.36. The van der Waals surface area contributed by atoms with E-state index in [0.29, 0.717) is 12.2 Å². The molecule has 6 nitrogen and oxygen atoms in total. The first kappa shape index (κ1) is 14.1. The number of hydrogen-bond donors (Lipinski definition) is 1. The van der Waals surface area contributed by atoms with Crippen LogP contribution >= 0.6 is 0 Å². The Bertz CT molecular complexity index is 750. The Morgan fingerprint density at radius 1 is 1.43 bits per heavy atom. The second kappa shape index (κ2) is 5.16. The van der Waals surface area contributed by atoms with Crippen LogP contribution in [0.3, 0.4) is 0 Å². The van der Waals surface area contributed by atoms with Gasteiger partial charge < -0.3 is 5.73 Å². The lowest BCUT2D eigenvalue weighted by Crippen LogP contribution is -2.32. The minimum Gasteiger partial charge on any atom is -0.399 e. The van der Waals surface area contributed by atoms with Gasteiger partial charge in [0.05, 0.1) is 6.20 Å². The summed E-state index contributed by atoms with van der Waals surface area (Å²) in [6.45, 7) is 0.340. The summed E-state index contributed by atoms with van der Waals surface area (Å²) < 4.78 is 28.6. The van der Waals surface area contributed by atoms with Crippen molar-refractivity contribution in [2.75, 3.05) is 5.73 Å². The summed E-state index contributed by atoms with van der Waals surface area (Å²) in [6.07, 6.45) is 4.73. The molecule has 1 aliphatic carbocycles. The van der Waals surface area contributed by atoms with Gasteiger partial charge >= 0.3 is 0 Å². The van der Waals surface area contributed by atoms with E-state index >= 15 is 0 Å². The Hall–Kier alpha value is -1.86. The fourth-order valence-electron chi connectivity index (χ4n) is 2.31. The first-order chi connectivity index (χ1) is 9.96. The molecule has 1 fully saturated rings. The number of benzene rings is 1. The number of anilines is 1. The number of aromatic nitrogens is 2. The van der Waals surface area contributed by atoms with E-state index in [1.54, 1.807) is 17.4 Å². The number of nitrogen functional groups attached to an aromatic ring is 1. The summed E-state index contributed by atoms with van der Waals surface area (Å²) in [5, 5.41) is 3.96. The van der Waals surface area contributed by atoms with E-state index in [2.05, 4.69) is 5.10 Å². The molecule has 0 aliphatic heterocycles. The molecule has 1 aromatic carbocycles. The molecule has 0 spiro atoms. The van der Waals surface area contributed by atoms with Crippen LogP contribution in [0.15, 0.2) is 41.6 Å². The van der Waals surface area contributed by atoms with Gasteiger partial charge in [0.15, 0.2) is 0 Å². The maximum Gasteiger partial charge on any atom is 0.246 e. The fraction of sp³-hybridized carbons (Fsp3) is 0.357. The quantitative estimate of drug-likeness (QED) is 0.846. The molecule has 0 unspecified atom stereocenters. The Morgan fingerprint density at radius 2 is 2.19 bits per heavy atom. The molecule has 0 radical (unpaired) electrons. The van der Waals surface area contributed by atoms with Crippen LogP contribution in [0.2, 0.25) is 0 Å². The summed E-state index contributed by atoms with van der Waals surface area (Å²) >= 11 is 0. The second-order valence-electron chi connectivity index (χ2n) is 5.38. The molecule has 0 amide bonds. The fourth-order valence-corrected chi connectivity index (χ4v) is 3.97. The number of hydrogen-bond acceptors (Lipinski definition) is 4. The van der Waals surface area contributed by atoms with Crippen LogP contribution in [-0.4, -0.2) is 28.5 Å². The minimum atomic E-state index is -3.52. The minimum absolute atomic E-state index is 0.0802. The number of nitrogens with zero attached hydrogens (tertiary/aromatic N) is 3. The second-order valence-corrected chi connectivity index (χ2v) is 7.27. The lowest BCUT2D eigenvalue weighted by Gasteiger charge is -2.21. The molecule has 1 saturated carbocycles. The van der Waals surface area contributed by atoms with Crippen molar-refractivity contribution in [3.05, 3.63) is 42.2 Å². The van der Waals surface area contributed by atoms with Gasteiger partial charge in [0.25, 0.3) is 0 Å². The maximum absolute atomic E-state index is 12.8. The van der Waals surface area contributed by atoms with E-state index < -0.39 is 10.0 Å². The van der Waals surface area contributed by atoms with Gasteiger partial charge in [-0.05, 0) is 30.5 Å². The van der Waals surface area contributed by atoms with Crippen molar-refractivity contribution in [1.82, 2.24) is 14.1 Å². The maximum atomic E-state index is 12.8. The molecule has 1 aliphatic rings. The zero-order chi connectivity index (χ0) is 15.0. The first-order valence-electron chi connectivity index (χ1n) is 6.82. The van der Waals surface area contributed by atoms with Crippen molar-refractivity contribution in [2.45, 2.75) is 30.3 Å². The predicted molar refractivity (Wildman–Crippen MR) is 79.8 cm³/mol. The van der Waals surface area contributed by atoms with Gasteiger partial charge in [0.1, 0.15) is 4.90 Å². The van der Waals surface area contributed by atoms with Gasteiger partial charge in [-0.2, -0.15) is 9.40 Å². The molecule has 7 heteroatoms. The molecule has 0 atom stereocenters.